The summed E-state index contributed by atoms with van der Waals surface area (Å²) in [7, 11) is 0. The summed E-state index contributed by atoms with van der Waals surface area (Å²) in [5.74, 6) is 0.392. The zero-order valence-corrected chi connectivity index (χ0v) is 9.54. The number of alkyl halides is 3. The van der Waals surface area contributed by atoms with E-state index in [1.807, 2.05) is 6.92 Å². The fraction of sp³-hybridized carbons (Fsp3) is 0.273. The van der Waals surface area contributed by atoms with Crippen LogP contribution in [0.25, 0.3) is 0 Å². The Kier molecular flexibility index (Phi) is 3.22. The van der Waals surface area contributed by atoms with E-state index >= 15 is 0 Å². The lowest BCUT2D eigenvalue weighted by Gasteiger charge is -2.08. The topological polar surface area (TPSA) is 53.6 Å². The van der Waals surface area contributed by atoms with Crippen LogP contribution >= 0.6 is 0 Å². The smallest absolute Gasteiger partial charge is 0.366 e. The number of anilines is 1. The maximum absolute atomic E-state index is 12.3. The van der Waals surface area contributed by atoms with Crippen LogP contribution in [0, 0.1) is 6.92 Å². The van der Waals surface area contributed by atoms with E-state index in [4.69, 9.17) is 0 Å². The highest BCUT2D eigenvalue weighted by Crippen LogP contribution is 2.28. The van der Waals surface area contributed by atoms with Gasteiger partial charge in [-0.2, -0.15) is 18.3 Å². The largest absolute Gasteiger partial charge is 0.417 e. The Morgan fingerprint density at radius 2 is 2.06 bits per heavy atom. The number of H-pyrrole nitrogens is 1. The zero-order chi connectivity index (χ0) is 13.2. The number of nitrogens with one attached hydrogen (secondary N) is 2. The maximum Gasteiger partial charge on any atom is 0.417 e. The number of halogens is 3. The fourth-order valence-corrected chi connectivity index (χ4v) is 1.41. The molecule has 96 valence electrons. The number of hydrogen-bond donors (Lipinski definition) is 2. The average molecular weight is 256 g/mol. The van der Waals surface area contributed by atoms with Crippen molar-refractivity contribution in [2.75, 3.05) is 5.32 Å². The second-order valence-electron chi connectivity index (χ2n) is 3.80. The summed E-state index contributed by atoms with van der Waals surface area (Å²) in [5, 5.41) is 9.55. The van der Waals surface area contributed by atoms with Gasteiger partial charge in [0.15, 0.2) is 0 Å². The molecule has 18 heavy (non-hydrogen) atoms. The van der Waals surface area contributed by atoms with Crippen molar-refractivity contribution >= 4 is 5.82 Å². The number of aryl methyl sites for hydroxylation is 1. The highest BCUT2D eigenvalue weighted by atomic mass is 19.4. The summed E-state index contributed by atoms with van der Waals surface area (Å²) in [4.78, 5) is 3.71. The minimum Gasteiger partial charge on any atom is -0.366 e. The zero-order valence-electron chi connectivity index (χ0n) is 9.54. The molecule has 2 aromatic heterocycles. The van der Waals surface area contributed by atoms with E-state index in [0.29, 0.717) is 12.4 Å². The number of aromatic amines is 1. The van der Waals surface area contributed by atoms with Crippen LogP contribution in [0.4, 0.5) is 19.0 Å². The van der Waals surface area contributed by atoms with Gasteiger partial charge < -0.3 is 5.32 Å². The maximum atomic E-state index is 12.3. The number of nitrogens with zero attached hydrogens (tertiary/aromatic N) is 2. The molecule has 0 unspecified atom stereocenters. The predicted octanol–water partition coefficient (Wildman–Crippen LogP) is 2.74. The first kappa shape index (κ1) is 12.4. The SMILES string of the molecule is Cc1[nH]ncc1CNc1ccc(C(F)(F)F)cn1. The minimum absolute atomic E-state index is 0.392. The molecular formula is C11H11F3N4. The molecule has 0 aromatic carbocycles. The van der Waals surface area contributed by atoms with Crippen molar-refractivity contribution < 1.29 is 13.2 Å². The molecule has 0 aliphatic carbocycles. The van der Waals surface area contributed by atoms with Crippen LogP contribution in [0.15, 0.2) is 24.5 Å². The highest BCUT2D eigenvalue weighted by Gasteiger charge is 2.30. The van der Waals surface area contributed by atoms with Crippen LogP contribution in [-0.4, -0.2) is 15.2 Å². The normalized spacial score (nSPS) is 11.6. The van der Waals surface area contributed by atoms with Gasteiger partial charge in [-0.1, -0.05) is 0 Å². The van der Waals surface area contributed by atoms with Crippen molar-refractivity contribution in [3.8, 4) is 0 Å². The second-order valence-corrected chi connectivity index (χ2v) is 3.80. The number of hydrogen-bond acceptors (Lipinski definition) is 3. The van der Waals surface area contributed by atoms with Crippen LogP contribution in [0.2, 0.25) is 0 Å². The van der Waals surface area contributed by atoms with Gasteiger partial charge in [0.1, 0.15) is 5.82 Å². The lowest BCUT2D eigenvalue weighted by molar-refractivity contribution is -0.137. The second kappa shape index (κ2) is 4.67. The van der Waals surface area contributed by atoms with Crippen LogP contribution in [0.1, 0.15) is 16.8 Å². The number of aromatic nitrogens is 3. The molecule has 0 saturated heterocycles. The third-order valence-electron chi connectivity index (χ3n) is 2.49. The van der Waals surface area contributed by atoms with Crippen molar-refractivity contribution in [3.05, 3.63) is 41.3 Å². The van der Waals surface area contributed by atoms with Crippen LogP contribution < -0.4 is 5.32 Å². The monoisotopic (exact) mass is 256 g/mol. The third kappa shape index (κ3) is 2.79. The molecule has 7 heteroatoms. The van der Waals surface area contributed by atoms with E-state index in [2.05, 4.69) is 20.5 Å². The van der Waals surface area contributed by atoms with E-state index in [0.717, 1.165) is 23.5 Å². The van der Waals surface area contributed by atoms with Gasteiger partial charge in [0.05, 0.1) is 11.8 Å². The summed E-state index contributed by atoms with van der Waals surface area (Å²) in [6.07, 6.45) is -1.89. The Bertz CT molecular complexity index is 516. The molecule has 0 fully saturated rings. The fourth-order valence-electron chi connectivity index (χ4n) is 1.41. The van der Waals surface area contributed by atoms with Gasteiger partial charge in [0.25, 0.3) is 0 Å². The van der Waals surface area contributed by atoms with Crippen molar-refractivity contribution in [1.29, 1.82) is 0 Å². The molecule has 0 amide bonds. The molecule has 0 bridgehead atoms. The van der Waals surface area contributed by atoms with Gasteiger partial charge in [-0.05, 0) is 19.1 Å². The summed E-state index contributed by atoms with van der Waals surface area (Å²) >= 11 is 0. The first-order valence-corrected chi connectivity index (χ1v) is 5.23. The molecular weight excluding hydrogens is 245 g/mol. The summed E-state index contributed by atoms with van der Waals surface area (Å²) in [6, 6.07) is 2.30. The predicted molar refractivity (Wildman–Crippen MR) is 59.9 cm³/mol. The summed E-state index contributed by atoms with van der Waals surface area (Å²) < 4.78 is 36.9. The Hall–Kier alpha value is -2.05. The van der Waals surface area contributed by atoms with Crippen LogP contribution in [-0.2, 0) is 12.7 Å². The number of rotatable bonds is 3. The minimum atomic E-state index is -4.35. The molecule has 2 heterocycles. The van der Waals surface area contributed by atoms with Crippen LogP contribution in [0.3, 0.4) is 0 Å². The lowest BCUT2D eigenvalue weighted by Crippen LogP contribution is -2.07. The van der Waals surface area contributed by atoms with Gasteiger partial charge in [-0.3, -0.25) is 5.10 Å². The molecule has 2 rings (SSSR count). The molecule has 0 saturated carbocycles. The molecule has 4 nitrogen and oxygen atoms in total. The van der Waals surface area contributed by atoms with Crippen molar-refractivity contribution in [3.63, 3.8) is 0 Å². The van der Waals surface area contributed by atoms with E-state index in [1.54, 1.807) is 6.20 Å². The van der Waals surface area contributed by atoms with Gasteiger partial charge in [-0.25, -0.2) is 4.98 Å². The van der Waals surface area contributed by atoms with Gasteiger partial charge in [0, 0.05) is 24.0 Å². The average Bonchev–Trinajstić information content (AvgIpc) is 2.72. The summed E-state index contributed by atoms with van der Waals surface area (Å²) in [5.41, 5.74) is 1.10. The molecule has 2 N–H and O–H groups in total. The Morgan fingerprint density at radius 3 is 2.56 bits per heavy atom. The van der Waals surface area contributed by atoms with Crippen molar-refractivity contribution in [2.24, 2.45) is 0 Å². The Balaban J connectivity index is 2.01. The first-order chi connectivity index (χ1) is 8.47. The van der Waals surface area contributed by atoms with Crippen LogP contribution in [0.5, 0.6) is 0 Å². The first-order valence-electron chi connectivity index (χ1n) is 5.23. The molecule has 0 aliphatic heterocycles. The number of pyridine rings is 1. The van der Waals surface area contributed by atoms with Crippen molar-refractivity contribution in [1.82, 2.24) is 15.2 Å². The highest BCUT2D eigenvalue weighted by molar-refractivity contribution is 5.37. The Morgan fingerprint density at radius 1 is 1.28 bits per heavy atom. The molecule has 0 aliphatic rings. The molecule has 2 aromatic rings. The van der Waals surface area contributed by atoms with Gasteiger partial charge in [-0.15, -0.1) is 0 Å². The molecule has 0 spiro atoms. The van der Waals surface area contributed by atoms with E-state index in [9.17, 15) is 13.2 Å². The van der Waals surface area contributed by atoms with Crippen molar-refractivity contribution in [2.45, 2.75) is 19.6 Å². The Labute approximate surface area is 101 Å². The van der Waals surface area contributed by atoms with Gasteiger partial charge >= 0.3 is 6.18 Å². The standard InChI is InChI=1S/C11H11F3N4/c1-7-8(5-17-18-7)4-15-10-3-2-9(6-16-10)11(12,13)14/h2-3,5-6H,4H2,1H3,(H,15,16)(H,17,18). The molecule has 0 atom stereocenters. The quantitative estimate of drug-likeness (QED) is 0.887. The van der Waals surface area contributed by atoms with Gasteiger partial charge in [0.2, 0.25) is 0 Å². The molecule has 0 radical (unpaired) electrons. The summed E-state index contributed by atoms with van der Waals surface area (Å²) in [6.45, 7) is 2.32. The van der Waals surface area contributed by atoms with E-state index in [-0.39, 0.29) is 0 Å². The van der Waals surface area contributed by atoms with E-state index < -0.39 is 11.7 Å². The lowest BCUT2D eigenvalue weighted by atomic mass is 10.2. The van der Waals surface area contributed by atoms with E-state index in [1.165, 1.54) is 6.07 Å². The third-order valence-corrected chi connectivity index (χ3v) is 2.49.